The normalized spacial score (nSPS) is 14.1. The molecule has 3 heterocycles. The summed E-state index contributed by atoms with van der Waals surface area (Å²) >= 11 is 0. The van der Waals surface area contributed by atoms with Gasteiger partial charge in [-0.05, 0) is 13.8 Å². The fraction of sp³-hybridized carbons (Fsp3) is 0.364. The maximum absolute atomic E-state index is 13.4. The Hall–Kier alpha value is -3.46. The van der Waals surface area contributed by atoms with E-state index in [1.807, 2.05) is 24.5 Å². The predicted octanol–water partition coefficient (Wildman–Crippen LogP) is 1.14. The van der Waals surface area contributed by atoms with Crippen LogP contribution in [0.3, 0.4) is 0 Å². The van der Waals surface area contributed by atoms with E-state index in [9.17, 15) is 14.4 Å². The summed E-state index contributed by atoms with van der Waals surface area (Å²) in [6, 6.07) is 8.64. The van der Waals surface area contributed by atoms with Gasteiger partial charge in [-0.25, -0.2) is 4.79 Å². The number of H-pyrrole nitrogens is 1. The van der Waals surface area contributed by atoms with Gasteiger partial charge in [-0.2, -0.15) is 4.98 Å². The van der Waals surface area contributed by atoms with Crippen LogP contribution < -0.4 is 21.5 Å². The first-order chi connectivity index (χ1) is 15.0. The van der Waals surface area contributed by atoms with E-state index in [1.165, 1.54) is 0 Å². The number of aromatic amines is 1. The molecule has 4 rings (SSSR count). The number of imidazole rings is 1. The molecular weight excluding hydrogens is 396 g/mol. The van der Waals surface area contributed by atoms with Crippen LogP contribution in [-0.2, 0) is 13.1 Å². The Labute approximate surface area is 179 Å². The Balaban J connectivity index is 1.83. The number of nitrogens with zero attached hydrogens (tertiary/aromatic N) is 4. The number of nitrogens with one attached hydrogen (secondary N) is 2. The highest BCUT2D eigenvalue weighted by atomic mass is 16.2. The zero-order chi connectivity index (χ0) is 22.0. The Morgan fingerprint density at radius 1 is 1.10 bits per heavy atom. The van der Waals surface area contributed by atoms with Gasteiger partial charge in [0.05, 0.1) is 6.54 Å². The second kappa shape index (κ2) is 8.73. The zero-order valence-electron chi connectivity index (χ0n) is 17.7. The predicted molar refractivity (Wildman–Crippen MR) is 120 cm³/mol. The average molecular weight is 422 g/mol. The number of rotatable bonds is 6. The summed E-state index contributed by atoms with van der Waals surface area (Å²) < 4.78 is 2.79. The van der Waals surface area contributed by atoms with Crippen LogP contribution in [0.1, 0.15) is 24.2 Å². The minimum absolute atomic E-state index is 0.245. The van der Waals surface area contributed by atoms with Gasteiger partial charge in [0.1, 0.15) is 0 Å². The maximum Gasteiger partial charge on any atom is 0.330 e. The number of hydrogen-bond donors (Lipinski definition) is 2. The molecular formula is C22H26N6O3. The Morgan fingerprint density at radius 2 is 1.81 bits per heavy atom. The highest BCUT2D eigenvalue weighted by molar-refractivity contribution is 5.95. The fourth-order valence-corrected chi connectivity index (χ4v) is 3.69. The van der Waals surface area contributed by atoms with Crippen molar-refractivity contribution in [2.24, 2.45) is 0 Å². The molecule has 9 nitrogen and oxygen atoms in total. The van der Waals surface area contributed by atoms with Crippen molar-refractivity contribution >= 4 is 22.9 Å². The summed E-state index contributed by atoms with van der Waals surface area (Å²) in [6.45, 7) is 7.24. The summed E-state index contributed by atoms with van der Waals surface area (Å²) in [5, 5.41) is 3.30. The third-order valence-electron chi connectivity index (χ3n) is 5.35. The van der Waals surface area contributed by atoms with Crippen LogP contribution in [0.5, 0.6) is 0 Å². The summed E-state index contributed by atoms with van der Waals surface area (Å²) in [5.41, 5.74) is 0.950. The molecule has 2 N–H and O–H groups in total. The Kier molecular flexibility index (Phi) is 5.85. The molecule has 31 heavy (non-hydrogen) atoms. The number of anilines is 1. The SMILES string of the molecule is CC(C)=CCn1c(N2CCNCC2)nc2[nH]c(=O)n(CC(=O)c3ccccc3)c(=O)c21. The van der Waals surface area contributed by atoms with Crippen LogP contribution in [0.4, 0.5) is 5.95 Å². The van der Waals surface area contributed by atoms with E-state index in [1.54, 1.807) is 30.3 Å². The molecule has 0 bridgehead atoms. The van der Waals surface area contributed by atoms with Crippen molar-refractivity contribution in [3.8, 4) is 0 Å². The molecule has 1 aliphatic heterocycles. The van der Waals surface area contributed by atoms with Gasteiger partial charge in [0.2, 0.25) is 5.95 Å². The van der Waals surface area contributed by atoms with Gasteiger partial charge in [0.15, 0.2) is 16.9 Å². The van der Waals surface area contributed by atoms with Gasteiger partial charge in [-0.15, -0.1) is 0 Å². The third-order valence-corrected chi connectivity index (χ3v) is 5.35. The van der Waals surface area contributed by atoms with E-state index in [0.29, 0.717) is 23.6 Å². The lowest BCUT2D eigenvalue weighted by atomic mass is 10.1. The minimum Gasteiger partial charge on any atom is -0.340 e. The third kappa shape index (κ3) is 4.22. The number of hydrogen-bond acceptors (Lipinski definition) is 6. The van der Waals surface area contributed by atoms with Gasteiger partial charge in [0.25, 0.3) is 5.56 Å². The molecule has 162 valence electrons. The quantitative estimate of drug-likeness (QED) is 0.456. The molecule has 1 aliphatic rings. The standard InChI is InChI=1S/C22H26N6O3/c1-15(2)8-11-27-18-19(24-21(27)26-12-9-23-10-13-26)25-22(31)28(20(18)30)14-17(29)16-6-4-3-5-7-16/h3-8,23H,9-14H2,1-2H3,(H,25,31). The van der Waals surface area contributed by atoms with Gasteiger partial charge in [-0.1, -0.05) is 42.0 Å². The topological polar surface area (TPSA) is 105 Å². The van der Waals surface area contributed by atoms with Gasteiger partial charge < -0.3 is 14.8 Å². The maximum atomic E-state index is 13.4. The van der Waals surface area contributed by atoms with Crippen LogP contribution >= 0.6 is 0 Å². The smallest absolute Gasteiger partial charge is 0.330 e. The number of carbonyl (C=O) groups excluding carboxylic acids is 1. The number of benzene rings is 1. The van der Waals surface area contributed by atoms with Crippen molar-refractivity contribution in [3.63, 3.8) is 0 Å². The van der Waals surface area contributed by atoms with Crippen molar-refractivity contribution in [2.75, 3.05) is 31.1 Å². The number of allylic oxidation sites excluding steroid dienone is 2. The molecule has 3 aromatic rings. The van der Waals surface area contributed by atoms with Gasteiger partial charge in [-0.3, -0.25) is 19.1 Å². The first kappa shape index (κ1) is 20.8. The van der Waals surface area contributed by atoms with Crippen molar-refractivity contribution in [3.05, 3.63) is 68.4 Å². The average Bonchev–Trinajstić information content (AvgIpc) is 3.14. The molecule has 0 aliphatic carbocycles. The lowest BCUT2D eigenvalue weighted by Gasteiger charge is -2.28. The molecule has 0 radical (unpaired) electrons. The highest BCUT2D eigenvalue weighted by Gasteiger charge is 2.23. The number of piperazine rings is 1. The summed E-state index contributed by atoms with van der Waals surface area (Å²) in [6.07, 6.45) is 2.01. The first-order valence-corrected chi connectivity index (χ1v) is 10.4. The summed E-state index contributed by atoms with van der Waals surface area (Å²) in [7, 11) is 0. The molecule has 0 saturated carbocycles. The van der Waals surface area contributed by atoms with Crippen LogP contribution in [0.25, 0.3) is 11.2 Å². The lowest BCUT2D eigenvalue weighted by Crippen LogP contribution is -2.44. The number of Topliss-reactive ketones (excluding diaryl/α,β-unsaturated/α-hetero) is 1. The number of fused-ring (bicyclic) bond motifs is 1. The molecule has 2 aromatic heterocycles. The van der Waals surface area contributed by atoms with E-state index in [2.05, 4.69) is 20.2 Å². The van der Waals surface area contributed by atoms with Crippen molar-refractivity contribution in [1.82, 2.24) is 24.4 Å². The fourth-order valence-electron chi connectivity index (χ4n) is 3.69. The number of ketones is 1. The van der Waals surface area contributed by atoms with Crippen LogP contribution in [0.2, 0.25) is 0 Å². The second-order valence-corrected chi connectivity index (χ2v) is 7.85. The van der Waals surface area contributed by atoms with Crippen molar-refractivity contribution in [1.29, 1.82) is 0 Å². The summed E-state index contributed by atoms with van der Waals surface area (Å²) in [5.74, 6) is 0.346. The van der Waals surface area contributed by atoms with E-state index in [0.717, 1.165) is 36.3 Å². The van der Waals surface area contributed by atoms with E-state index in [-0.39, 0.29) is 18.0 Å². The number of carbonyl (C=O) groups is 1. The monoisotopic (exact) mass is 422 g/mol. The molecule has 0 spiro atoms. The van der Waals surface area contributed by atoms with Crippen LogP contribution in [-0.4, -0.2) is 51.1 Å². The lowest BCUT2D eigenvalue weighted by molar-refractivity contribution is 0.0969. The van der Waals surface area contributed by atoms with Crippen molar-refractivity contribution in [2.45, 2.75) is 26.9 Å². The molecule has 1 saturated heterocycles. The molecule has 9 heteroatoms. The number of aromatic nitrogens is 4. The molecule has 0 atom stereocenters. The van der Waals surface area contributed by atoms with E-state index >= 15 is 0 Å². The highest BCUT2D eigenvalue weighted by Crippen LogP contribution is 2.19. The molecule has 0 unspecified atom stereocenters. The van der Waals surface area contributed by atoms with Gasteiger partial charge >= 0.3 is 5.69 Å². The van der Waals surface area contributed by atoms with E-state index < -0.39 is 11.2 Å². The van der Waals surface area contributed by atoms with Gasteiger partial charge in [0, 0.05) is 38.3 Å². The van der Waals surface area contributed by atoms with Crippen molar-refractivity contribution < 1.29 is 4.79 Å². The minimum atomic E-state index is -0.638. The second-order valence-electron chi connectivity index (χ2n) is 7.85. The Morgan fingerprint density at radius 3 is 2.48 bits per heavy atom. The Bertz CT molecular complexity index is 1240. The molecule has 0 amide bonds. The van der Waals surface area contributed by atoms with Crippen LogP contribution in [0.15, 0.2) is 51.6 Å². The molecule has 1 fully saturated rings. The van der Waals surface area contributed by atoms with E-state index in [4.69, 9.17) is 0 Å². The largest absolute Gasteiger partial charge is 0.340 e. The zero-order valence-corrected chi connectivity index (χ0v) is 17.7. The first-order valence-electron chi connectivity index (χ1n) is 10.4. The van der Waals surface area contributed by atoms with Crippen LogP contribution in [0, 0.1) is 0 Å². The summed E-state index contributed by atoms with van der Waals surface area (Å²) in [4.78, 5) is 48.1. The molecule has 1 aromatic carbocycles.